The van der Waals surface area contributed by atoms with Gasteiger partial charge in [-0.3, -0.25) is 0 Å². The van der Waals surface area contributed by atoms with E-state index in [1.54, 1.807) is 0 Å². The van der Waals surface area contributed by atoms with Gasteiger partial charge >= 0.3 is 0 Å². The quantitative estimate of drug-likeness (QED) is 0.157. The summed E-state index contributed by atoms with van der Waals surface area (Å²) in [6.45, 7) is 22.3. The highest BCUT2D eigenvalue weighted by Gasteiger charge is 2.31. The average Bonchev–Trinajstić information content (AvgIpc) is 3.24. The van der Waals surface area contributed by atoms with Crippen molar-refractivity contribution in [2.75, 3.05) is 5.73 Å². The van der Waals surface area contributed by atoms with Gasteiger partial charge in [0.05, 0.1) is 5.69 Å². The number of nitrogens with zero attached hydrogens (tertiary/aromatic N) is 3. The molecule has 6 nitrogen and oxygen atoms in total. The number of hydrogen-bond acceptors (Lipinski definition) is 5. The van der Waals surface area contributed by atoms with Crippen LogP contribution in [0.3, 0.4) is 0 Å². The van der Waals surface area contributed by atoms with Crippen LogP contribution in [0.5, 0.6) is 11.5 Å². The molecule has 41 heavy (non-hydrogen) atoms. The summed E-state index contributed by atoms with van der Waals surface area (Å²) in [5.41, 5.74) is 12.2. The Balaban J connectivity index is 1.88. The predicted octanol–water partition coefficient (Wildman–Crippen LogP) is 8.43. The number of benzene rings is 3. The molecule has 6 heteroatoms. The van der Waals surface area contributed by atoms with Gasteiger partial charge in [0, 0.05) is 17.5 Å². The number of rotatable bonds is 7. The van der Waals surface area contributed by atoms with Gasteiger partial charge in [-0.05, 0) is 69.9 Å². The normalized spacial score (nSPS) is 13.2. The molecular weight excluding hydrogens is 508 g/mol. The molecule has 0 aliphatic carbocycles. The van der Waals surface area contributed by atoms with Gasteiger partial charge < -0.3 is 15.9 Å². The first kappa shape index (κ1) is 30.4. The molecule has 0 fully saturated rings. The number of nitrogen functional groups attached to an aromatic ring is 1. The Labute approximate surface area is 245 Å². The van der Waals surface area contributed by atoms with Crippen molar-refractivity contribution in [3.8, 4) is 17.2 Å². The fourth-order valence-electron chi connectivity index (χ4n) is 6.63. The van der Waals surface area contributed by atoms with Gasteiger partial charge in [0.25, 0.3) is 0 Å². The van der Waals surface area contributed by atoms with Crippen LogP contribution in [0.25, 0.3) is 16.7 Å². The molecule has 1 aromatic heterocycles. The maximum atomic E-state index is 11.7. The van der Waals surface area contributed by atoms with E-state index >= 15 is 0 Å². The van der Waals surface area contributed by atoms with E-state index in [1.165, 1.54) is 4.80 Å². The minimum Gasteiger partial charge on any atom is -0.505 e. The Morgan fingerprint density at radius 3 is 1.56 bits per heavy atom. The molecule has 0 aliphatic heterocycles. The largest absolute Gasteiger partial charge is 0.505 e. The van der Waals surface area contributed by atoms with Crippen molar-refractivity contribution in [1.82, 2.24) is 15.0 Å². The summed E-state index contributed by atoms with van der Waals surface area (Å²) in [5.74, 6) is 0.154. The molecule has 0 atom stereocenters. The first-order chi connectivity index (χ1) is 18.8. The van der Waals surface area contributed by atoms with Gasteiger partial charge in [-0.2, -0.15) is 0 Å². The lowest BCUT2D eigenvalue weighted by Crippen LogP contribution is -2.25. The third-order valence-electron chi connectivity index (χ3n) is 7.78. The molecule has 0 bridgehead atoms. The van der Waals surface area contributed by atoms with E-state index in [1.807, 2.05) is 42.5 Å². The maximum absolute atomic E-state index is 11.7. The van der Waals surface area contributed by atoms with E-state index in [0.29, 0.717) is 28.9 Å². The summed E-state index contributed by atoms with van der Waals surface area (Å²) in [6.07, 6.45) is 2.20. The van der Waals surface area contributed by atoms with E-state index in [0.717, 1.165) is 35.0 Å². The van der Waals surface area contributed by atoms with Crippen LogP contribution in [-0.4, -0.2) is 25.2 Å². The van der Waals surface area contributed by atoms with Crippen LogP contribution < -0.4 is 5.73 Å². The third kappa shape index (κ3) is 6.86. The van der Waals surface area contributed by atoms with Crippen molar-refractivity contribution >= 4 is 16.7 Å². The van der Waals surface area contributed by atoms with Crippen molar-refractivity contribution in [3.63, 3.8) is 0 Å². The van der Waals surface area contributed by atoms with E-state index in [-0.39, 0.29) is 33.2 Å². The molecule has 0 spiro atoms. The molecule has 0 saturated carbocycles. The Hall–Kier alpha value is -3.54. The second-order valence-electron chi connectivity index (χ2n) is 15.5. The molecule has 0 saturated heterocycles. The Morgan fingerprint density at radius 1 is 0.659 bits per heavy atom. The van der Waals surface area contributed by atoms with Gasteiger partial charge in [-0.15, -0.1) is 15.0 Å². The first-order valence-electron chi connectivity index (χ1n) is 14.6. The monoisotopic (exact) mass is 556 g/mol. The minimum absolute atomic E-state index is 0.0589. The summed E-state index contributed by atoms with van der Waals surface area (Å²) in [5, 5.41) is 32.1. The Kier molecular flexibility index (Phi) is 7.70. The van der Waals surface area contributed by atoms with E-state index in [4.69, 9.17) is 5.73 Å². The number of phenolic OH excluding ortho intramolecular Hbond substituents is 2. The van der Waals surface area contributed by atoms with E-state index in [2.05, 4.69) is 85.5 Å². The predicted molar refractivity (Wildman–Crippen MR) is 170 cm³/mol. The molecule has 0 radical (unpaired) electrons. The highest BCUT2D eigenvalue weighted by atomic mass is 16.3. The van der Waals surface area contributed by atoms with Gasteiger partial charge in [0.2, 0.25) is 0 Å². The molecule has 4 N–H and O–H groups in total. The zero-order valence-electron chi connectivity index (χ0n) is 26.6. The van der Waals surface area contributed by atoms with Crippen molar-refractivity contribution in [2.45, 2.75) is 99.3 Å². The van der Waals surface area contributed by atoms with Gasteiger partial charge in [-0.25, -0.2) is 0 Å². The Bertz CT molecular complexity index is 1530. The fraction of sp³-hybridized carbons (Fsp3) is 0.486. The number of aromatic nitrogens is 3. The zero-order valence-corrected chi connectivity index (χ0v) is 26.6. The van der Waals surface area contributed by atoms with Gasteiger partial charge in [-0.1, -0.05) is 93.5 Å². The lowest BCUT2D eigenvalue weighted by Gasteiger charge is -2.34. The highest BCUT2D eigenvalue weighted by molar-refractivity contribution is 5.74. The molecule has 4 rings (SSSR count). The van der Waals surface area contributed by atoms with Gasteiger partial charge in [0.15, 0.2) is 0 Å². The van der Waals surface area contributed by atoms with Gasteiger partial charge in [0.1, 0.15) is 28.2 Å². The molecule has 220 valence electrons. The molecule has 4 aromatic rings. The van der Waals surface area contributed by atoms with Crippen LogP contribution in [0.1, 0.15) is 104 Å². The zero-order chi connectivity index (χ0) is 30.5. The lowest BCUT2D eigenvalue weighted by atomic mass is 9.71. The molecule has 0 unspecified atom stereocenters. The van der Waals surface area contributed by atoms with Crippen molar-refractivity contribution in [3.05, 3.63) is 70.8 Å². The topological polar surface area (TPSA) is 97.2 Å². The molecule has 0 aliphatic rings. The third-order valence-corrected chi connectivity index (χ3v) is 7.78. The standard InChI is InChI=1S/C35H48N4O2/c1-32(2,3)20-34(7,8)24-16-22(30(40)26(36)18-24)15-23-17-25(35(9,10)21-33(4,5)6)19-29(31(23)41)39-37-27-13-11-12-14-28(27)38-39/h11-14,16-19,40-41H,15,20-21,36H2,1-10H3. The van der Waals surface area contributed by atoms with Crippen LogP contribution >= 0.6 is 0 Å². The number of hydrogen-bond donors (Lipinski definition) is 3. The van der Waals surface area contributed by atoms with Crippen LogP contribution in [0, 0.1) is 10.8 Å². The van der Waals surface area contributed by atoms with Crippen molar-refractivity contribution in [2.24, 2.45) is 10.8 Å². The fourth-order valence-corrected chi connectivity index (χ4v) is 6.63. The Morgan fingerprint density at radius 2 is 1.10 bits per heavy atom. The summed E-state index contributed by atoms with van der Waals surface area (Å²) in [6, 6.07) is 15.7. The number of nitrogens with two attached hydrogens (primary N) is 1. The average molecular weight is 557 g/mol. The maximum Gasteiger partial charge on any atom is 0.146 e. The summed E-state index contributed by atoms with van der Waals surface area (Å²) in [4.78, 5) is 1.53. The number of aromatic hydroxyl groups is 2. The highest BCUT2D eigenvalue weighted by Crippen LogP contribution is 2.43. The van der Waals surface area contributed by atoms with Crippen LogP contribution in [-0.2, 0) is 17.3 Å². The molecular formula is C35H48N4O2. The van der Waals surface area contributed by atoms with Crippen LogP contribution in [0.2, 0.25) is 0 Å². The summed E-state index contributed by atoms with van der Waals surface area (Å²) < 4.78 is 0. The van der Waals surface area contributed by atoms with Crippen LogP contribution in [0.15, 0.2) is 48.5 Å². The number of fused-ring (bicyclic) bond motifs is 1. The van der Waals surface area contributed by atoms with E-state index < -0.39 is 0 Å². The first-order valence-corrected chi connectivity index (χ1v) is 14.6. The lowest BCUT2D eigenvalue weighted by molar-refractivity contribution is 0.283. The van der Waals surface area contributed by atoms with Crippen LogP contribution in [0.4, 0.5) is 5.69 Å². The summed E-state index contributed by atoms with van der Waals surface area (Å²) in [7, 11) is 0. The smallest absolute Gasteiger partial charge is 0.146 e. The molecule has 1 heterocycles. The van der Waals surface area contributed by atoms with Crippen molar-refractivity contribution in [1.29, 1.82) is 0 Å². The molecule has 3 aromatic carbocycles. The minimum atomic E-state index is -0.195. The second kappa shape index (κ2) is 10.4. The van der Waals surface area contributed by atoms with Crippen molar-refractivity contribution < 1.29 is 10.2 Å². The molecule has 0 amide bonds. The number of phenols is 2. The van der Waals surface area contributed by atoms with E-state index in [9.17, 15) is 10.2 Å². The summed E-state index contributed by atoms with van der Waals surface area (Å²) >= 11 is 0. The second-order valence-corrected chi connectivity index (χ2v) is 15.5. The number of anilines is 1. The SMILES string of the molecule is CC(C)(C)CC(C)(C)c1cc(N)c(O)c(Cc2cc(C(C)(C)CC(C)(C)C)cc(-n3nc4ccccc4n3)c2O)c1.